The molecule has 0 N–H and O–H groups in total. The fourth-order valence-electron chi connectivity index (χ4n) is 1.13. The van der Waals surface area contributed by atoms with Gasteiger partial charge in [0, 0.05) is 5.69 Å². The smallest absolute Gasteiger partial charge is 0.222 e. The molecule has 1 aromatic rings. The molecule has 1 aliphatic carbocycles. The van der Waals surface area contributed by atoms with Gasteiger partial charge in [-0.3, -0.25) is 0 Å². The van der Waals surface area contributed by atoms with Crippen molar-refractivity contribution in [3.8, 4) is 0 Å². The van der Waals surface area contributed by atoms with Gasteiger partial charge in [-0.25, -0.2) is 14.4 Å². The molecule has 0 aliphatic heterocycles. The van der Waals surface area contributed by atoms with Crippen LogP contribution in [0.3, 0.4) is 0 Å². The van der Waals surface area contributed by atoms with Gasteiger partial charge >= 0.3 is 0 Å². The van der Waals surface area contributed by atoms with Crippen LogP contribution in [-0.2, 0) is 5.67 Å². The highest BCUT2D eigenvalue weighted by atomic mass is 35.5. The normalized spacial score (nSPS) is 19.2. The van der Waals surface area contributed by atoms with E-state index in [1.165, 1.54) is 0 Å². The maximum atomic E-state index is 13.4. The van der Waals surface area contributed by atoms with E-state index in [0.717, 1.165) is 0 Å². The standard InChI is InChI=1S/C8H8ClFN2/c1-5-4-6(8(10)2-3-8)12-7(9)11-5/h4H,2-3H2,1H3. The molecule has 0 atom stereocenters. The molecular weight excluding hydrogens is 179 g/mol. The van der Waals surface area contributed by atoms with Crippen molar-refractivity contribution in [1.29, 1.82) is 0 Å². The molecule has 0 saturated heterocycles. The van der Waals surface area contributed by atoms with Crippen LogP contribution in [0.15, 0.2) is 6.07 Å². The lowest BCUT2D eigenvalue weighted by atomic mass is 10.2. The van der Waals surface area contributed by atoms with Crippen molar-refractivity contribution in [1.82, 2.24) is 9.97 Å². The van der Waals surface area contributed by atoms with Gasteiger partial charge in [0.15, 0.2) is 5.67 Å². The third-order valence-electron chi connectivity index (χ3n) is 1.97. The van der Waals surface area contributed by atoms with E-state index in [4.69, 9.17) is 11.6 Å². The molecule has 1 fully saturated rings. The van der Waals surface area contributed by atoms with Crippen LogP contribution >= 0.6 is 11.6 Å². The Morgan fingerprint density at radius 3 is 2.67 bits per heavy atom. The number of hydrogen-bond acceptors (Lipinski definition) is 2. The number of rotatable bonds is 1. The predicted octanol–water partition coefficient (Wildman–Crippen LogP) is 2.40. The SMILES string of the molecule is Cc1cc(C2(F)CC2)nc(Cl)n1. The maximum absolute atomic E-state index is 13.4. The molecule has 0 unspecified atom stereocenters. The van der Waals surface area contributed by atoms with Gasteiger partial charge in [0.05, 0.1) is 5.69 Å². The predicted molar refractivity (Wildman–Crippen MR) is 43.8 cm³/mol. The van der Waals surface area contributed by atoms with Crippen molar-refractivity contribution in [3.05, 3.63) is 22.7 Å². The molecule has 1 aromatic heterocycles. The minimum Gasteiger partial charge on any atom is -0.237 e. The highest BCUT2D eigenvalue weighted by Crippen LogP contribution is 2.48. The summed E-state index contributed by atoms with van der Waals surface area (Å²) in [5, 5.41) is 0.133. The van der Waals surface area contributed by atoms with Gasteiger partial charge in [-0.05, 0) is 37.4 Å². The van der Waals surface area contributed by atoms with E-state index in [0.29, 0.717) is 24.2 Å². The van der Waals surface area contributed by atoms with Gasteiger partial charge in [0.1, 0.15) is 0 Å². The zero-order valence-corrected chi connectivity index (χ0v) is 7.40. The Bertz CT molecular complexity index is 303. The number of hydrogen-bond donors (Lipinski definition) is 0. The van der Waals surface area contributed by atoms with Crippen molar-refractivity contribution in [2.45, 2.75) is 25.4 Å². The summed E-state index contributed by atoms with van der Waals surface area (Å²) in [5.41, 5.74) is -0.0638. The second-order valence-corrected chi connectivity index (χ2v) is 3.47. The number of aromatic nitrogens is 2. The lowest BCUT2D eigenvalue weighted by Crippen LogP contribution is -2.03. The largest absolute Gasteiger partial charge is 0.237 e. The fourth-order valence-corrected chi connectivity index (χ4v) is 1.35. The van der Waals surface area contributed by atoms with E-state index < -0.39 is 5.67 Å². The topological polar surface area (TPSA) is 25.8 Å². The molecule has 0 bridgehead atoms. The van der Waals surface area contributed by atoms with Crippen LogP contribution in [0.1, 0.15) is 24.2 Å². The fraction of sp³-hybridized carbons (Fsp3) is 0.500. The Balaban J connectivity index is 2.44. The molecule has 1 aliphatic rings. The lowest BCUT2D eigenvalue weighted by molar-refractivity contribution is 0.308. The summed E-state index contributed by atoms with van der Waals surface area (Å²) in [6.07, 6.45) is 1.11. The molecule has 0 aromatic carbocycles. The molecule has 12 heavy (non-hydrogen) atoms. The molecule has 0 amide bonds. The van der Waals surface area contributed by atoms with E-state index in [1.807, 2.05) is 0 Å². The Kier molecular flexibility index (Phi) is 1.58. The van der Waals surface area contributed by atoms with Crippen LogP contribution in [-0.4, -0.2) is 9.97 Å². The van der Waals surface area contributed by atoms with Crippen LogP contribution in [0.25, 0.3) is 0 Å². The van der Waals surface area contributed by atoms with Gasteiger partial charge in [-0.15, -0.1) is 0 Å². The summed E-state index contributed by atoms with van der Waals surface area (Å²) in [6.45, 7) is 1.78. The van der Waals surface area contributed by atoms with E-state index in [1.54, 1.807) is 13.0 Å². The average Bonchev–Trinajstić information content (AvgIpc) is 2.67. The molecule has 0 radical (unpaired) electrons. The maximum Gasteiger partial charge on any atom is 0.222 e. The van der Waals surface area contributed by atoms with E-state index >= 15 is 0 Å². The van der Waals surface area contributed by atoms with Crippen molar-refractivity contribution in [2.75, 3.05) is 0 Å². The quantitative estimate of drug-likeness (QED) is 0.630. The first-order valence-corrected chi connectivity index (χ1v) is 4.18. The molecule has 1 saturated carbocycles. The van der Waals surface area contributed by atoms with Crippen LogP contribution in [0, 0.1) is 6.92 Å². The highest BCUT2D eigenvalue weighted by molar-refractivity contribution is 6.28. The van der Waals surface area contributed by atoms with E-state index in [9.17, 15) is 4.39 Å². The van der Waals surface area contributed by atoms with Crippen molar-refractivity contribution in [3.63, 3.8) is 0 Å². The highest BCUT2D eigenvalue weighted by Gasteiger charge is 2.46. The minimum atomic E-state index is -1.21. The van der Waals surface area contributed by atoms with Crippen LogP contribution in [0.2, 0.25) is 5.28 Å². The van der Waals surface area contributed by atoms with Crippen LogP contribution in [0.5, 0.6) is 0 Å². The van der Waals surface area contributed by atoms with Crippen LogP contribution in [0.4, 0.5) is 4.39 Å². The van der Waals surface area contributed by atoms with Gasteiger partial charge in [0.2, 0.25) is 5.28 Å². The van der Waals surface area contributed by atoms with Gasteiger partial charge in [0.25, 0.3) is 0 Å². The van der Waals surface area contributed by atoms with E-state index in [2.05, 4.69) is 9.97 Å². The van der Waals surface area contributed by atoms with Crippen molar-refractivity contribution >= 4 is 11.6 Å². The first-order chi connectivity index (χ1) is 5.60. The summed E-state index contributed by atoms with van der Waals surface area (Å²) in [4.78, 5) is 7.71. The molecule has 2 nitrogen and oxygen atoms in total. The van der Waals surface area contributed by atoms with Crippen molar-refractivity contribution in [2.24, 2.45) is 0 Å². The molecule has 2 rings (SSSR count). The summed E-state index contributed by atoms with van der Waals surface area (Å²) < 4.78 is 13.4. The van der Waals surface area contributed by atoms with Gasteiger partial charge < -0.3 is 0 Å². The number of alkyl halides is 1. The Labute approximate surface area is 74.8 Å². The Morgan fingerprint density at radius 2 is 2.17 bits per heavy atom. The summed E-state index contributed by atoms with van der Waals surface area (Å²) in [6, 6.07) is 1.65. The first kappa shape index (κ1) is 7.92. The lowest BCUT2D eigenvalue weighted by Gasteiger charge is -2.04. The molecular formula is C8H8ClFN2. The van der Waals surface area contributed by atoms with Crippen LogP contribution < -0.4 is 0 Å². The van der Waals surface area contributed by atoms with Gasteiger partial charge in [-0.2, -0.15) is 0 Å². The first-order valence-electron chi connectivity index (χ1n) is 3.81. The molecule has 4 heteroatoms. The van der Waals surface area contributed by atoms with Crippen molar-refractivity contribution < 1.29 is 4.39 Å². The Morgan fingerprint density at radius 1 is 1.50 bits per heavy atom. The zero-order chi connectivity index (χ0) is 8.77. The summed E-state index contributed by atoms with van der Waals surface area (Å²) in [7, 11) is 0. The third kappa shape index (κ3) is 1.29. The van der Waals surface area contributed by atoms with E-state index in [-0.39, 0.29) is 5.28 Å². The molecule has 64 valence electrons. The third-order valence-corrected chi connectivity index (χ3v) is 2.14. The number of halogens is 2. The second kappa shape index (κ2) is 2.39. The zero-order valence-electron chi connectivity index (χ0n) is 6.64. The number of aryl methyl sites for hydroxylation is 1. The molecule has 1 heterocycles. The summed E-state index contributed by atoms with van der Waals surface area (Å²) >= 11 is 5.60. The monoisotopic (exact) mass is 186 g/mol. The number of nitrogens with zero attached hydrogens (tertiary/aromatic N) is 2. The second-order valence-electron chi connectivity index (χ2n) is 3.13. The Hall–Kier alpha value is -0.700. The summed E-state index contributed by atoms with van der Waals surface area (Å²) in [5.74, 6) is 0. The van der Waals surface area contributed by atoms with Gasteiger partial charge in [-0.1, -0.05) is 0 Å². The average molecular weight is 187 g/mol. The molecule has 0 spiro atoms. The minimum absolute atomic E-state index is 0.133.